The average Bonchev–Trinajstić information content (AvgIpc) is 2.30. The van der Waals surface area contributed by atoms with E-state index in [0.717, 1.165) is 19.3 Å². The van der Waals surface area contributed by atoms with Crippen molar-refractivity contribution in [1.29, 1.82) is 0 Å². The zero-order chi connectivity index (χ0) is 6.97. The van der Waals surface area contributed by atoms with Crippen molar-refractivity contribution in [2.45, 2.75) is 31.0 Å². The van der Waals surface area contributed by atoms with Crippen LogP contribution in [0, 0.1) is 0 Å². The molecule has 0 spiro atoms. The fourth-order valence-electron chi connectivity index (χ4n) is 1.90. The van der Waals surface area contributed by atoms with Gasteiger partial charge in [-0.2, -0.15) is 0 Å². The van der Waals surface area contributed by atoms with Gasteiger partial charge in [-0.05, 0) is 12.8 Å². The minimum atomic E-state index is 0.110. The molecular weight excluding hydrogens is 128 g/mol. The molecule has 2 aliphatic heterocycles. The average molecular weight is 140 g/mol. The normalized spacial score (nSPS) is 45.4. The summed E-state index contributed by atoms with van der Waals surface area (Å²) in [7, 11) is 0. The van der Waals surface area contributed by atoms with Crippen LogP contribution in [0.15, 0.2) is 0 Å². The van der Waals surface area contributed by atoms with Crippen LogP contribution in [-0.4, -0.2) is 31.0 Å². The van der Waals surface area contributed by atoms with Crippen LogP contribution in [0.5, 0.6) is 0 Å². The van der Waals surface area contributed by atoms with Crippen molar-refractivity contribution in [2.75, 3.05) is 6.54 Å². The summed E-state index contributed by atoms with van der Waals surface area (Å²) in [6.07, 6.45) is 3.19. The predicted molar refractivity (Wildman–Crippen MR) is 37.8 cm³/mol. The van der Waals surface area contributed by atoms with Gasteiger partial charge in [0.25, 0.3) is 0 Å². The number of carbonyl (C=O) groups excluding carboxylic acids is 1. The molecule has 2 saturated heterocycles. The number of piperidine rings is 1. The maximum atomic E-state index is 10.4. The molecule has 3 nitrogen and oxygen atoms in total. The van der Waals surface area contributed by atoms with Gasteiger partial charge in [0.15, 0.2) is 0 Å². The molecule has 2 aliphatic rings. The lowest BCUT2D eigenvalue weighted by Gasteiger charge is -2.24. The number of aldehydes is 1. The number of carbonyl (C=O) groups is 1. The summed E-state index contributed by atoms with van der Waals surface area (Å²) >= 11 is 0. The Bertz CT molecular complexity index is 137. The van der Waals surface area contributed by atoms with E-state index in [1.54, 1.807) is 0 Å². The van der Waals surface area contributed by atoms with Crippen molar-refractivity contribution in [1.82, 2.24) is 10.6 Å². The summed E-state index contributed by atoms with van der Waals surface area (Å²) < 4.78 is 0. The van der Waals surface area contributed by atoms with E-state index in [0.29, 0.717) is 12.1 Å². The van der Waals surface area contributed by atoms with Crippen molar-refractivity contribution >= 4 is 6.29 Å². The molecule has 2 N–H and O–H groups in total. The first-order chi connectivity index (χ1) is 4.88. The third-order valence-corrected chi connectivity index (χ3v) is 2.37. The molecule has 0 amide bonds. The standard InChI is InChI=1S/C7H12N2O/c10-4-7-2-5-1-6(9-7)3-8-5/h4-9H,1-3H2. The van der Waals surface area contributed by atoms with Crippen molar-refractivity contribution in [3.8, 4) is 0 Å². The van der Waals surface area contributed by atoms with Crippen molar-refractivity contribution in [3.63, 3.8) is 0 Å². The second-order valence-electron chi connectivity index (χ2n) is 3.18. The zero-order valence-corrected chi connectivity index (χ0v) is 5.84. The molecule has 56 valence electrons. The fraction of sp³-hybridized carbons (Fsp3) is 0.857. The van der Waals surface area contributed by atoms with Gasteiger partial charge in [-0.25, -0.2) is 0 Å². The van der Waals surface area contributed by atoms with Gasteiger partial charge in [0.1, 0.15) is 6.29 Å². The summed E-state index contributed by atoms with van der Waals surface area (Å²) in [5.41, 5.74) is 0. The van der Waals surface area contributed by atoms with Crippen LogP contribution in [0.4, 0.5) is 0 Å². The molecule has 3 heteroatoms. The molecule has 3 unspecified atom stereocenters. The molecule has 2 bridgehead atoms. The van der Waals surface area contributed by atoms with E-state index in [-0.39, 0.29) is 6.04 Å². The van der Waals surface area contributed by atoms with Crippen molar-refractivity contribution in [2.24, 2.45) is 0 Å². The molecular formula is C7H12N2O. The van der Waals surface area contributed by atoms with Gasteiger partial charge >= 0.3 is 0 Å². The first kappa shape index (κ1) is 6.31. The van der Waals surface area contributed by atoms with E-state index < -0.39 is 0 Å². The highest BCUT2D eigenvalue weighted by atomic mass is 16.1. The van der Waals surface area contributed by atoms with Crippen LogP contribution >= 0.6 is 0 Å². The molecule has 0 radical (unpaired) electrons. The third kappa shape index (κ3) is 0.954. The summed E-state index contributed by atoms with van der Waals surface area (Å²) in [6, 6.07) is 1.26. The first-order valence-corrected chi connectivity index (χ1v) is 3.83. The molecule has 0 aromatic heterocycles. The van der Waals surface area contributed by atoms with Gasteiger partial charge in [-0.3, -0.25) is 0 Å². The highest BCUT2D eigenvalue weighted by Gasteiger charge is 2.32. The van der Waals surface area contributed by atoms with Crippen LogP contribution in [0.1, 0.15) is 12.8 Å². The number of rotatable bonds is 1. The number of nitrogens with one attached hydrogen (secondary N) is 2. The number of fused-ring (bicyclic) bond motifs is 2. The quantitative estimate of drug-likeness (QED) is 0.472. The predicted octanol–water partition coefficient (Wildman–Crippen LogP) is -0.722. The van der Waals surface area contributed by atoms with E-state index >= 15 is 0 Å². The molecule has 0 aromatic rings. The first-order valence-electron chi connectivity index (χ1n) is 3.83. The van der Waals surface area contributed by atoms with Gasteiger partial charge in [0, 0.05) is 18.6 Å². The lowest BCUT2D eigenvalue weighted by Crippen LogP contribution is -2.44. The van der Waals surface area contributed by atoms with E-state index in [1.165, 1.54) is 6.42 Å². The van der Waals surface area contributed by atoms with E-state index in [4.69, 9.17) is 0 Å². The van der Waals surface area contributed by atoms with Gasteiger partial charge < -0.3 is 15.4 Å². The SMILES string of the molecule is O=CC1CC2CC(CN2)N1. The summed E-state index contributed by atoms with van der Waals surface area (Å²) in [5, 5.41) is 6.63. The van der Waals surface area contributed by atoms with Crippen LogP contribution < -0.4 is 10.6 Å². The van der Waals surface area contributed by atoms with Crippen LogP contribution in [-0.2, 0) is 4.79 Å². The monoisotopic (exact) mass is 140 g/mol. The Morgan fingerprint density at radius 3 is 2.90 bits per heavy atom. The molecule has 2 rings (SSSR count). The second-order valence-corrected chi connectivity index (χ2v) is 3.18. The Labute approximate surface area is 60.2 Å². The van der Waals surface area contributed by atoms with Gasteiger partial charge in [-0.1, -0.05) is 0 Å². The molecule has 3 atom stereocenters. The van der Waals surface area contributed by atoms with Crippen LogP contribution in [0.25, 0.3) is 0 Å². The van der Waals surface area contributed by atoms with Gasteiger partial charge in [0.05, 0.1) is 6.04 Å². The lowest BCUT2D eigenvalue weighted by atomic mass is 9.99. The summed E-state index contributed by atoms with van der Waals surface area (Å²) in [4.78, 5) is 10.4. The lowest BCUT2D eigenvalue weighted by molar-refractivity contribution is -0.110. The van der Waals surface area contributed by atoms with Crippen molar-refractivity contribution in [3.05, 3.63) is 0 Å². The summed E-state index contributed by atoms with van der Waals surface area (Å²) in [5.74, 6) is 0. The Kier molecular flexibility index (Phi) is 1.47. The molecule has 2 fully saturated rings. The van der Waals surface area contributed by atoms with E-state index in [1.807, 2.05) is 0 Å². The van der Waals surface area contributed by atoms with Crippen molar-refractivity contribution < 1.29 is 4.79 Å². The van der Waals surface area contributed by atoms with Crippen LogP contribution in [0.3, 0.4) is 0 Å². The highest BCUT2D eigenvalue weighted by molar-refractivity contribution is 5.58. The fourth-order valence-corrected chi connectivity index (χ4v) is 1.90. The third-order valence-electron chi connectivity index (χ3n) is 2.37. The largest absolute Gasteiger partial charge is 0.312 e. The van der Waals surface area contributed by atoms with E-state index in [2.05, 4.69) is 10.6 Å². The molecule has 2 heterocycles. The Morgan fingerprint density at radius 2 is 2.20 bits per heavy atom. The Hall–Kier alpha value is -0.410. The molecule has 0 saturated carbocycles. The Balaban J connectivity index is 2.02. The zero-order valence-electron chi connectivity index (χ0n) is 5.84. The molecule has 0 aliphatic carbocycles. The number of hydrogen-bond acceptors (Lipinski definition) is 3. The van der Waals surface area contributed by atoms with E-state index in [9.17, 15) is 4.79 Å². The minimum absolute atomic E-state index is 0.110. The topological polar surface area (TPSA) is 41.1 Å². The maximum absolute atomic E-state index is 10.4. The smallest absolute Gasteiger partial charge is 0.136 e. The Morgan fingerprint density at radius 1 is 1.30 bits per heavy atom. The van der Waals surface area contributed by atoms with Gasteiger partial charge in [0.2, 0.25) is 0 Å². The van der Waals surface area contributed by atoms with Crippen LogP contribution in [0.2, 0.25) is 0 Å². The van der Waals surface area contributed by atoms with Gasteiger partial charge in [-0.15, -0.1) is 0 Å². The highest BCUT2D eigenvalue weighted by Crippen LogP contribution is 2.17. The molecule has 0 aromatic carbocycles. The number of hydrogen-bond donors (Lipinski definition) is 2. The second kappa shape index (κ2) is 2.32. The maximum Gasteiger partial charge on any atom is 0.136 e. The molecule has 10 heavy (non-hydrogen) atoms. The summed E-state index contributed by atoms with van der Waals surface area (Å²) in [6.45, 7) is 1.04. The minimum Gasteiger partial charge on any atom is -0.312 e.